The zero-order chi connectivity index (χ0) is 42.4. The Labute approximate surface area is 328 Å². The predicted octanol–water partition coefficient (Wildman–Crippen LogP) is 3.44. The molecule has 0 bridgehead atoms. The number of benzene rings is 1. The Hall–Kier alpha value is -3.66. The van der Waals surface area contributed by atoms with Crippen LogP contribution in [-0.2, 0) is 28.7 Å². The molecule has 1 aliphatic heterocycles. The van der Waals surface area contributed by atoms with E-state index in [-0.39, 0.29) is 53.8 Å². The average Bonchev–Trinajstić information content (AvgIpc) is 3.66. The van der Waals surface area contributed by atoms with E-state index in [0.29, 0.717) is 19.4 Å². The number of likely N-dealkylation sites (tertiary alicyclic amines) is 1. The number of amides is 4. The number of Topliss-reactive ketones (excluding diaryl/α,β-unsaturated/α-hetero) is 1. The minimum absolute atomic E-state index is 0.0138. The Bertz CT molecular complexity index is 1330. The summed E-state index contributed by atoms with van der Waals surface area (Å²) in [4.78, 5) is 69.0. The first kappa shape index (κ1) is 51.3. The van der Waals surface area contributed by atoms with E-state index >= 15 is 0 Å². The van der Waals surface area contributed by atoms with Crippen LogP contribution in [0.15, 0.2) is 18.2 Å². The SMILES string of the molecule is CCC.CC[C@H](C)C(C(CC(=O)N1CCCC1C(OC)C(C)C(=O)NCC(=O)c1ccc(OC)cc1F)OC)N(C)C(=O)CNC(=O)C(NC)C(C)C.CO. The maximum absolute atomic E-state index is 14.4. The highest BCUT2D eigenvalue weighted by molar-refractivity contribution is 5.99. The van der Waals surface area contributed by atoms with E-state index in [2.05, 4.69) is 29.8 Å². The van der Waals surface area contributed by atoms with E-state index in [0.717, 1.165) is 19.6 Å². The largest absolute Gasteiger partial charge is 0.497 e. The first-order chi connectivity index (χ1) is 26.1. The Morgan fingerprint density at radius 1 is 0.964 bits per heavy atom. The van der Waals surface area contributed by atoms with E-state index in [4.69, 9.17) is 19.3 Å². The van der Waals surface area contributed by atoms with Crippen molar-refractivity contribution in [2.45, 2.75) is 111 Å². The fourth-order valence-corrected chi connectivity index (χ4v) is 6.76. The molecule has 4 N–H and O–H groups in total. The third-order valence-electron chi connectivity index (χ3n) is 9.88. The van der Waals surface area contributed by atoms with Crippen LogP contribution in [0.25, 0.3) is 0 Å². The lowest BCUT2D eigenvalue weighted by Gasteiger charge is -2.39. The topological polar surface area (TPSA) is 176 Å². The summed E-state index contributed by atoms with van der Waals surface area (Å²) < 4.78 is 31.0. The van der Waals surface area contributed by atoms with Gasteiger partial charge in [-0.05, 0) is 43.9 Å². The number of methoxy groups -OCH3 is 3. The van der Waals surface area contributed by atoms with Crippen molar-refractivity contribution in [1.29, 1.82) is 0 Å². The number of carbonyl (C=O) groups excluding carboxylic acids is 5. The van der Waals surface area contributed by atoms with Crippen LogP contribution in [-0.4, -0.2) is 137 Å². The molecule has 1 heterocycles. The highest BCUT2D eigenvalue weighted by atomic mass is 19.1. The molecule has 1 aromatic rings. The van der Waals surface area contributed by atoms with Gasteiger partial charge in [-0.25, -0.2) is 4.39 Å². The van der Waals surface area contributed by atoms with Gasteiger partial charge in [0.2, 0.25) is 23.6 Å². The van der Waals surface area contributed by atoms with Gasteiger partial charge in [-0.1, -0.05) is 61.3 Å². The summed E-state index contributed by atoms with van der Waals surface area (Å²) >= 11 is 0. The van der Waals surface area contributed by atoms with Crippen molar-refractivity contribution in [1.82, 2.24) is 25.8 Å². The Morgan fingerprint density at radius 3 is 2.05 bits per heavy atom. The zero-order valence-electron chi connectivity index (χ0n) is 35.5. The van der Waals surface area contributed by atoms with Crippen molar-refractivity contribution in [3.63, 3.8) is 0 Å². The Morgan fingerprint density at radius 2 is 1.56 bits per heavy atom. The molecule has 14 nitrogen and oxygen atoms in total. The van der Waals surface area contributed by atoms with Gasteiger partial charge in [0, 0.05) is 41.0 Å². The summed E-state index contributed by atoms with van der Waals surface area (Å²) in [6.45, 7) is 13.6. The van der Waals surface area contributed by atoms with Gasteiger partial charge < -0.3 is 45.1 Å². The molecule has 55 heavy (non-hydrogen) atoms. The standard InChI is InChI=1S/C36H58FN5O8.C3H8.CH4O/c1-11-22(4)33(41(7)31(45)20-40-36(47)32(38-6)21(2)3)29(49-9)18-30(44)42-16-12-13-27(42)34(50-10)23(5)35(46)39-19-28(43)25-15-14-24(48-8)17-26(25)37;1-3-2;1-2/h14-15,17,21-23,27,29,32-34,38H,11-13,16,18-20H2,1-10H3,(H,39,46)(H,40,47);3H2,1-2H3;2H,1H3/t22-,23?,27?,29?,32?,33?,34?;;/m0../s1. The van der Waals surface area contributed by atoms with Gasteiger partial charge in [0.15, 0.2) is 5.78 Å². The summed E-state index contributed by atoms with van der Waals surface area (Å²) in [5.41, 5.74) is -0.163. The van der Waals surface area contributed by atoms with Gasteiger partial charge in [-0.2, -0.15) is 0 Å². The molecule has 0 aromatic heterocycles. The van der Waals surface area contributed by atoms with E-state index < -0.39 is 60.3 Å². The van der Waals surface area contributed by atoms with E-state index in [9.17, 15) is 28.4 Å². The van der Waals surface area contributed by atoms with Crippen LogP contribution in [0, 0.1) is 23.6 Å². The molecular weight excluding hydrogens is 713 g/mol. The fraction of sp³-hybridized carbons (Fsp3) is 0.725. The number of nitrogens with zero attached hydrogens (tertiary/aromatic N) is 2. The lowest BCUT2D eigenvalue weighted by molar-refractivity contribution is -0.145. The van der Waals surface area contributed by atoms with Crippen LogP contribution in [0.1, 0.15) is 90.9 Å². The normalized spacial score (nSPS) is 16.9. The van der Waals surface area contributed by atoms with Crippen molar-refractivity contribution in [2.75, 3.05) is 62.2 Å². The maximum atomic E-state index is 14.4. The van der Waals surface area contributed by atoms with Crippen LogP contribution in [0.2, 0.25) is 0 Å². The lowest BCUT2D eigenvalue weighted by Crippen LogP contribution is -2.55. The first-order valence-corrected chi connectivity index (χ1v) is 19.2. The monoisotopic (exact) mass is 784 g/mol. The number of halogens is 1. The number of hydrogen-bond acceptors (Lipinski definition) is 10. The molecule has 15 heteroatoms. The molecule has 6 unspecified atom stereocenters. The molecule has 1 aliphatic rings. The molecule has 4 amide bonds. The number of hydrogen-bond donors (Lipinski definition) is 4. The van der Waals surface area contributed by atoms with Crippen LogP contribution >= 0.6 is 0 Å². The number of nitrogens with one attached hydrogen (secondary N) is 3. The summed E-state index contributed by atoms with van der Waals surface area (Å²) in [6, 6.07) is 2.57. The number of carbonyl (C=O) groups is 5. The van der Waals surface area contributed by atoms with Crippen LogP contribution < -0.4 is 20.7 Å². The van der Waals surface area contributed by atoms with Gasteiger partial charge >= 0.3 is 0 Å². The molecule has 0 saturated carbocycles. The number of aliphatic hydroxyl groups excluding tert-OH is 1. The second-order valence-corrected chi connectivity index (χ2v) is 14.1. The smallest absolute Gasteiger partial charge is 0.242 e. The second kappa shape index (κ2) is 27.0. The van der Waals surface area contributed by atoms with Gasteiger partial charge in [-0.3, -0.25) is 24.0 Å². The Kier molecular flexibility index (Phi) is 25.2. The number of rotatable bonds is 20. The number of aliphatic hydroxyl groups is 1. The van der Waals surface area contributed by atoms with Gasteiger partial charge in [-0.15, -0.1) is 0 Å². The summed E-state index contributed by atoms with van der Waals surface area (Å²) in [5.74, 6) is -3.04. The van der Waals surface area contributed by atoms with Crippen LogP contribution in [0.5, 0.6) is 5.75 Å². The summed E-state index contributed by atoms with van der Waals surface area (Å²) in [7, 11) is 8.74. The molecule has 0 radical (unpaired) electrons. The average molecular weight is 784 g/mol. The van der Waals surface area contributed by atoms with Crippen LogP contribution in [0.4, 0.5) is 4.39 Å². The first-order valence-electron chi connectivity index (χ1n) is 19.2. The van der Waals surface area contributed by atoms with E-state index in [1.54, 1.807) is 30.8 Å². The summed E-state index contributed by atoms with van der Waals surface area (Å²) in [5, 5.41) is 15.3. The van der Waals surface area contributed by atoms with Gasteiger partial charge in [0.25, 0.3) is 0 Å². The van der Waals surface area contributed by atoms with Crippen molar-refractivity contribution in [3.8, 4) is 5.75 Å². The zero-order valence-corrected chi connectivity index (χ0v) is 35.5. The molecule has 0 spiro atoms. The van der Waals surface area contributed by atoms with Gasteiger partial charge in [0.1, 0.15) is 11.6 Å². The molecule has 2 rings (SSSR count). The van der Waals surface area contributed by atoms with Crippen molar-refractivity contribution >= 4 is 29.4 Å². The molecule has 7 atom stereocenters. The third-order valence-corrected chi connectivity index (χ3v) is 9.88. The maximum Gasteiger partial charge on any atom is 0.242 e. The molecule has 0 aliphatic carbocycles. The third kappa shape index (κ3) is 15.4. The molecule has 1 saturated heterocycles. The van der Waals surface area contributed by atoms with Crippen LogP contribution in [0.3, 0.4) is 0 Å². The predicted molar refractivity (Wildman–Crippen MR) is 211 cm³/mol. The fourth-order valence-electron chi connectivity index (χ4n) is 6.76. The van der Waals surface area contributed by atoms with E-state index in [1.807, 2.05) is 27.7 Å². The highest BCUT2D eigenvalue weighted by Crippen LogP contribution is 2.29. The lowest BCUT2D eigenvalue weighted by atomic mass is 9.90. The number of ketones is 1. The summed E-state index contributed by atoms with van der Waals surface area (Å²) in [6.07, 6.45) is 1.94. The number of ether oxygens (including phenoxy) is 3. The molecular formula is C40H70FN5O9. The Balaban J connectivity index is 0.00000554. The molecule has 1 fully saturated rings. The van der Waals surface area contributed by atoms with Crippen molar-refractivity contribution in [3.05, 3.63) is 29.6 Å². The molecule has 1 aromatic carbocycles. The van der Waals surface area contributed by atoms with Gasteiger partial charge in [0.05, 0.1) is 68.4 Å². The minimum atomic E-state index is -0.747. The van der Waals surface area contributed by atoms with Crippen molar-refractivity contribution < 1.29 is 47.7 Å². The highest BCUT2D eigenvalue weighted by Gasteiger charge is 2.42. The van der Waals surface area contributed by atoms with E-state index in [1.165, 1.54) is 39.9 Å². The minimum Gasteiger partial charge on any atom is -0.497 e. The second-order valence-electron chi connectivity index (χ2n) is 14.1. The quantitative estimate of drug-likeness (QED) is 0.144. The van der Waals surface area contributed by atoms with Crippen molar-refractivity contribution in [2.24, 2.45) is 17.8 Å². The molecule has 316 valence electrons. The number of likely N-dealkylation sites (N-methyl/N-ethyl adjacent to an activating group) is 2.